The maximum absolute atomic E-state index is 12.6. The SMILES string of the molecule is Cn1nnnc1Sc1cc(CNS(=O)(=O)c2ccccc2)c2ccccc2c1O. The summed E-state index contributed by atoms with van der Waals surface area (Å²) in [6.45, 7) is 0.0721. The minimum Gasteiger partial charge on any atom is -0.506 e. The first-order valence-electron chi connectivity index (χ1n) is 8.64. The average Bonchev–Trinajstić information content (AvgIpc) is 3.14. The Morgan fingerprint density at radius 1 is 1.07 bits per heavy atom. The third-order valence-corrected chi connectivity index (χ3v) is 6.83. The van der Waals surface area contributed by atoms with Gasteiger partial charge in [-0.2, -0.15) is 0 Å². The quantitative estimate of drug-likeness (QED) is 0.487. The summed E-state index contributed by atoms with van der Waals surface area (Å²) in [7, 11) is -1.96. The molecule has 0 fully saturated rings. The number of aromatic nitrogens is 4. The van der Waals surface area contributed by atoms with Crippen LogP contribution in [-0.4, -0.2) is 33.7 Å². The zero-order valence-corrected chi connectivity index (χ0v) is 17.0. The van der Waals surface area contributed by atoms with Gasteiger partial charge in [0.2, 0.25) is 15.2 Å². The highest BCUT2D eigenvalue weighted by Crippen LogP contribution is 2.39. The van der Waals surface area contributed by atoms with Crippen molar-refractivity contribution in [2.75, 3.05) is 0 Å². The van der Waals surface area contributed by atoms with E-state index in [0.717, 1.165) is 10.9 Å². The first kappa shape index (κ1) is 19.4. The molecule has 0 radical (unpaired) electrons. The van der Waals surface area contributed by atoms with Gasteiger partial charge in [-0.25, -0.2) is 17.8 Å². The normalized spacial score (nSPS) is 11.8. The molecule has 4 aromatic rings. The second-order valence-corrected chi connectivity index (χ2v) is 9.03. The summed E-state index contributed by atoms with van der Waals surface area (Å²) >= 11 is 1.21. The van der Waals surface area contributed by atoms with E-state index in [1.54, 1.807) is 49.5 Å². The van der Waals surface area contributed by atoms with Crippen LogP contribution in [0.25, 0.3) is 10.8 Å². The second kappa shape index (κ2) is 7.82. The molecule has 0 aliphatic heterocycles. The number of phenols is 1. The van der Waals surface area contributed by atoms with Crippen LogP contribution < -0.4 is 4.72 Å². The van der Waals surface area contributed by atoms with Crippen LogP contribution in [0.4, 0.5) is 0 Å². The van der Waals surface area contributed by atoms with Crippen LogP contribution in [0.2, 0.25) is 0 Å². The number of nitrogens with zero attached hydrogens (tertiary/aromatic N) is 4. The molecule has 0 saturated heterocycles. The molecule has 0 bridgehead atoms. The summed E-state index contributed by atoms with van der Waals surface area (Å²) in [5.74, 6) is 0.100. The number of benzene rings is 3. The Balaban J connectivity index is 1.72. The van der Waals surface area contributed by atoms with Gasteiger partial charge < -0.3 is 5.11 Å². The van der Waals surface area contributed by atoms with Crippen LogP contribution in [-0.2, 0) is 23.6 Å². The minimum absolute atomic E-state index is 0.0721. The molecular weight excluding hydrogens is 410 g/mol. The Labute approximate surface area is 171 Å². The predicted molar refractivity (Wildman–Crippen MR) is 109 cm³/mol. The van der Waals surface area contributed by atoms with Crippen molar-refractivity contribution in [1.29, 1.82) is 0 Å². The van der Waals surface area contributed by atoms with Gasteiger partial charge in [-0.1, -0.05) is 42.5 Å². The maximum atomic E-state index is 12.6. The summed E-state index contributed by atoms with van der Waals surface area (Å²) in [6, 6.07) is 17.2. The van der Waals surface area contributed by atoms with Crippen molar-refractivity contribution < 1.29 is 13.5 Å². The summed E-state index contributed by atoms with van der Waals surface area (Å²) in [5, 5.41) is 24.0. The third kappa shape index (κ3) is 3.95. The van der Waals surface area contributed by atoms with E-state index < -0.39 is 10.0 Å². The zero-order valence-electron chi connectivity index (χ0n) is 15.3. The number of tetrazole rings is 1. The van der Waals surface area contributed by atoms with Crippen molar-refractivity contribution in [3.8, 4) is 5.75 Å². The Hall–Kier alpha value is -2.95. The Morgan fingerprint density at radius 2 is 1.76 bits per heavy atom. The smallest absolute Gasteiger partial charge is 0.240 e. The number of phenolic OH excluding ortho intramolecular Hbond substituents is 1. The largest absolute Gasteiger partial charge is 0.506 e. The van der Waals surface area contributed by atoms with Gasteiger partial charge in [0.25, 0.3) is 0 Å². The number of hydrogen-bond acceptors (Lipinski definition) is 7. The maximum Gasteiger partial charge on any atom is 0.240 e. The van der Waals surface area contributed by atoms with E-state index in [9.17, 15) is 13.5 Å². The summed E-state index contributed by atoms with van der Waals surface area (Å²) in [6.07, 6.45) is 0. The molecule has 8 nitrogen and oxygen atoms in total. The first-order chi connectivity index (χ1) is 14.0. The summed E-state index contributed by atoms with van der Waals surface area (Å²) in [5.41, 5.74) is 0.732. The molecule has 0 atom stereocenters. The molecule has 0 saturated carbocycles. The van der Waals surface area contributed by atoms with Crippen molar-refractivity contribution in [1.82, 2.24) is 24.9 Å². The molecule has 2 N–H and O–H groups in total. The van der Waals surface area contributed by atoms with Gasteiger partial charge >= 0.3 is 0 Å². The molecule has 0 aliphatic rings. The molecule has 4 rings (SSSR count). The fourth-order valence-electron chi connectivity index (χ4n) is 2.89. The lowest BCUT2D eigenvalue weighted by Gasteiger charge is -2.13. The first-order valence-corrected chi connectivity index (χ1v) is 10.9. The van der Waals surface area contributed by atoms with Crippen LogP contribution in [0.3, 0.4) is 0 Å². The highest BCUT2D eigenvalue weighted by molar-refractivity contribution is 7.99. The average molecular weight is 428 g/mol. The molecule has 0 unspecified atom stereocenters. The molecular formula is C19H17N5O3S2. The van der Waals surface area contributed by atoms with Crippen LogP contribution in [0.15, 0.2) is 75.6 Å². The van der Waals surface area contributed by atoms with Crippen molar-refractivity contribution in [2.45, 2.75) is 21.5 Å². The van der Waals surface area contributed by atoms with Crippen molar-refractivity contribution in [2.24, 2.45) is 7.05 Å². The van der Waals surface area contributed by atoms with E-state index >= 15 is 0 Å². The van der Waals surface area contributed by atoms with Crippen LogP contribution >= 0.6 is 11.8 Å². The second-order valence-electron chi connectivity index (χ2n) is 6.25. The van der Waals surface area contributed by atoms with Crippen molar-refractivity contribution in [3.63, 3.8) is 0 Å². The van der Waals surface area contributed by atoms with Crippen molar-refractivity contribution >= 4 is 32.6 Å². The lowest BCUT2D eigenvalue weighted by atomic mass is 10.0. The minimum atomic E-state index is -3.66. The zero-order chi connectivity index (χ0) is 20.4. The highest BCUT2D eigenvalue weighted by Gasteiger charge is 2.18. The molecule has 1 heterocycles. The fourth-order valence-corrected chi connectivity index (χ4v) is 4.77. The number of hydrogen-bond donors (Lipinski definition) is 2. The van der Waals surface area contributed by atoms with E-state index in [0.29, 0.717) is 15.4 Å². The number of sulfonamides is 1. The van der Waals surface area contributed by atoms with E-state index in [2.05, 4.69) is 20.2 Å². The highest BCUT2D eigenvalue weighted by atomic mass is 32.2. The molecule has 0 spiro atoms. The van der Waals surface area contributed by atoms with Crippen LogP contribution in [0.5, 0.6) is 5.75 Å². The number of fused-ring (bicyclic) bond motifs is 1. The van der Waals surface area contributed by atoms with Crippen LogP contribution in [0, 0.1) is 0 Å². The number of nitrogens with one attached hydrogen (secondary N) is 1. The number of rotatable bonds is 6. The van der Waals surface area contributed by atoms with Gasteiger partial charge in [0.1, 0.15) is 5.75 Å². The molecule has 148 valence electrons. The molecule has 3 aromatic carbocycles. The number of aromatic hydroxyl groups is 1. The molecule has 1 aromatic heterocycles. The van der Waals surface area contributed by atoms with Crippen molar-refractivity contribution in [3.05, 3.63) is 66.2 Å². The van der Waals surface area contributed by atoms with Gasteiger partial charge in [0, 0.05) is 19.0 Å². The van der Waals surface area contributed by atoms with Gasteiger partial charge in [0.05, 0.1) is 9.79 Å². The number of aryl methyl sites for hydroxylation is 1. The van der Waals surface area contributed by atoms with Gasteiger partial charge in [-0.3, -0.25) is 0 Å². The Morgan fingerprint density at radius 3 is 2.45 bits per heavy atom. The van der Waals surface area contributed by atoms with Crippen LogP contribution in [0.1, 0.15) is 5.56 Å². The predicted octanol–water partition coefficient (Wildman–Crippen LogP) is 2.70. The lowest BCUT2D eigenvalue weighted by Crippen LogP contribution is -2.23. The standard InChI is InChI=1S/C19H17N5O3S2/c1-24-19(21-22-23-24)28-17-11-13(15-9-5-6-10-16(15)18(17)25)12-20-29(26,27)14-7-3-2-4-8-14/h2-11,20,25H,12H2,1H3. The molecule has 0 aliphatic carbocycles. The summed E-state index contributed by atoms with van der Waals surface area (Å²) in [4.78, 5) is 0.735. The molecule has 0 amide bonds. The van der Waals surface area contributed by atoms with Gasteiger partial charge in [0.15, 0.2) is 0 Å². The fraction of sp³-hybridized carbons (Fsp3) is 0.105. The molecule has 10 heteroatoms. The summed E-state index contributed by atoms with van der Waals surface area (Å²) < 4.78 is 29.3. The van der Waals surface area contributed by atoms with E-state index in [1.807, 2.05) is 18.2 Å². The van der Waals surface area contributed by atoms with E-state index in [4.69, 9.17) is 0 Å². The van der Waals surface area contributed by atoms with Gasteiger partial charge in [-0.05, 0) is 51.3 Å². The lowest BCUT2D eigenvalue weighted by molar-refractivity contribution is 0.468. The topological polar surface area (TPSA) is 110 Å². The van der Waals surface area contributed by atoms with E-state index in [-0.39, 0.29) is 17.2 Å². The Kier molecular flexibility index (Phi) is 5.22. The monoisotopic (exact) mass is 427 g/mol. The Bertz CT molecular complexity index is 1270. The third-order valence-electron chi connectivity index (χ3n) is 4.36. The molecule has 29 heavy (non-hydrogen) atoms. The van der Waals surface area contributed by atoms with E-state index in [1.165, 1.54) is 16.4 Å². The van der Waals surface area contributed by atoms with Gasteiger partial charge in [-0.15, -0.1) is 5.10 Å².